The molecule has 1 aliphatic carbocycles. The van der Waals surface area contributed by atoms with Gasteiger partial charge in [-0.25, -0.2) is 9.97 Å². The highest BCUT2D eigenvalue weighted by Gasteiger charge is 2.27. The number of thioether (sulfide) groups is 1. The Morgan fingerprint density at radius 2 is 2.00 bits per heavy atom. The molecule has 0 aliphatic heterocycles. The molecule has 0 saturated heterocycles. The van der Waals surface area contributed by atoms with Gasteiger partial charge in [0.15, 0.2) is 0 Å². The number of nitrogens with zero attached hydrogens (tertiary/aromatic N) is 2. The molecule has 1 unspecified atom stereocenters. The van der Waals surface area contributed by atoms with E-state index >= 15 is 0 Å². The molecule has 0 amide bonds. The molecule has 1 aromatic heterocycles. The number of hydrogen-bond acceptors (Lipinski definition) is 5. The smallest absolute Gasteiger partial charge is 0.136 e. The predicted molar refractivity (Wildman–Crippen MR) is 84.2 cm³/mol. The summed E-state index contributed by atoms with van der Waals surface area (Å²) in [5.41, 5.74) is 0. The molecule has 1 aliphatic rings. The van der Waals surface area contributed by atoms with Crippen molar-refractivity contribution in [2.24, 2.45) is 5.92 Å². The lowest BCUT2D eigenvalue weighted by Gasteiger charge is -2.13. The first-order chi connectivity index (χ1) is 9.22. The van der Waals surface area contributed by atoms with E-state index in [0.717, 1.165) is 30.5 Å². The molecule has 1 atom stereocenters. The second-order valence-electron chi connectivity index (χ2n) is 5.24. The molecule has 19 heavy (non-hydrogen) atoms. The molecule has 2 rings (SSSR count). The summed E-state index contributed by atoms with van der Waals surface area (Å²) in [6.45, 7) is 6.21. The van der Waals surface area contributed by atoms with E-state index in [0.29, 0.717) is 11.8 Å². The molecule has 0 spiro atoms. The number of nitrogens with one attached hydrogen (secondary N) is 2. The normalized spacial score (nSPS) is 16.2. The highest BCUT2D eigenvalue weighted by molar-refractivity contribution is 7.98. The topological polar surface area (TPSA) is 49.8 Å². The Morgan fingerprint density at radius 1 is 1.32 bits per heavy atom. The molecule has 0 radical (unpaired) electrons. The molecular formula is C14H24N4S. The second-order valence-corrected chi connectivity index (χ2v) is 6.15. The maximum Gasteiger partial charge on any atom is 0.136 e. The molecule has 0 bridgehead atoms. The third-order valence-electron chi connectivity index (χ3n) is 3.13. The van der Waals surface area contributed by atoms with Crippen molar-refractivity contribution in [3.63, 3.8) is 0 Å². The van der Waals surface area contributed by atoms with Crippen molar-refractivity contribution >= 4 is 23.4 Å². The summed E-state index contributed by atoms with van der Waals surface area (Å²) >= 11 is 1.89. The van der Waals surface area contributed by atoms with Gasteiger partial charge < -0.3 is 10.6 Å². The van der Waals surface area contributed by atoms with E-state index in [4.69, 9.17) is 0 Å². The van der Waals surface area contributed by atoms with E-state index in [1.165, 1.54) is 18.6 Å². The highest BCUT2D eigenvalue weighted by atomic mass is 32.2. The van der Waals surface area contributed by atoms with Crippen molar-refractivity contribution in [1.82, 2.24) is 9.97 Å². The molecule has 1 aromatic rings. The second kappa shape index (κ2) is 6.98. The van der Waals surface area contributed by atoms with E-state index in [2.05, 4.69) is 40.7 Å². The van der Waals surface area contributed by atoms with Crippen LogP contribution in [0.5, 0.6) is 0 Å². The Hall–Kier alpha value is -0.970. The Morgan fingerprint density at radius 3 is 2.58 bits per heavy atom. The number of hydrogen-bond donors (Lipinski definition) is 2. The number of rotatable bonds is 8. The van der Waals surface area contributed by atoms with Crippen LogP contribution in [0.15, 0.2) is 6.07 Å². The molecule has 2 N–H and O–H groups in total. The van der Waals surface area contributed by atoms with Gasteiger partial charge in [0.25, 0.3) is 0 Å². The van der Waals surface area contributed by atoms with Crippen molar-refractivity contribution in [2.45, 2.75) is 32.6 Å². The van der Waals surface area contributed by atoms with Crippen molar-refractivity contribution < 1.29 is 0 Å². The molecule has 1 fully saturated rings. The summed E-state index contributed by atoms with van der Waals surface area (Å²) < 4.78 is 0. The first-order valence-electron chi connectivity index (χ1n) is 7.08. The van der Waals surface area contributed by atoms with E-state index in [1.807, 2.05) is 17.8 Å². The van der Waals surface area contributed by atoms with Gasteiger partial charge in [-0.3, -0.25) is 0 Å². The van der Waals surface area contributed by atoms with Gasteiger partial charge >= 0.3 is 0 Å². The lowest BCUT2D eigenvalue weighted by atomic mass is 10.2. The van der Waals surface area contributed by atoms with Crippen LogP contribution in [0, 0.1) is 5.92 Å². The first kappa shape index (κ1) is 14.4. The van der Waals surface area contributed by atoms with Gasteiger partial charge in [0.2, 0.25) is 0 Å². The van der Waals surface area contributed by atoms with Crippen molar-refractivity contribution in [2.75, 3.05) is 35.7 Å². The van der Waals surface area contributed by atoms with E-state index in [-0.39, 0.29) is 0 Å². The van der Waals surface area contributed by atoms with Crippen LogP contribution in [0.4, 0.5) is 11.6 Å². The molecule has 106 valence electrons. The number of aromatic nitrogens is 2. The van der Waals surface area contributed by atoms with Gasteiger partial charge in [-0.2, -0.15) is 11.8 Å². The fraction of sp³-hybridized carbons (Fsp3) is 0.714. The van der Waals surface area contributed by atoms with E-state index < -0.39 is 0 Å². The summed E-state index contributed by atoms with van der Waals surface area (Å²) in [6.07, 6.45) is 4.62. The first-order valence-corrected chi connectivity index (χ1v) is 8.48. The number of anilines is 2. The molecular weight excluding hydrogens is 256 g/mol. The SMILES string of the molecule is CCNc1cc(NCC(C)CSC)nc(C2CC2)n1. The van der Waals surface area contributed by atoms with Crippen LogP contribution in [0.3, 0.4) is 0 Å². The van der Waals surface area contributed by atoms with Gasteiger partial charge in [-0.05, 0) is 37.7 Å². The van der Waals surface area contributed by atoms with Crippen LogP contribution in [0.1, 0.15) is 38.4 Å². The van der Waals surface area contributed by atoms with Crippen LogP contribution in [-0.4, -0.2) is 35.1 Å². The lowest BCUT2D eigenvalue weighted by molar-refractivity contribution is 0.698. The molecule has 1 heterocycles. The van der Waals surface area contributed by atoms with Gasteiger partial charge in [-0.1, -0.05) is 6.92 Å². The standard InChI is InChI=1S/C14H24N4S/c1-4-15-12-7-13(16-8-10(2)9-19-3)18-14(17-12)11-5-6-11/h7,10-11H,4-6,8-9H2,1-3H3,(H2,15,16,17,18). The maximum absolute atomic E-state index is 4.64. The third kappa shape index (κ3) is 4.56. The lowest BCUT2D eigenvalue weighted by Crippen LogP contribution is -2.15. The fourth-order valence-corrected chi connectivity index (χ4v) is 2.66. The minimum atomic E-state index is 0.586. The summed E-state index contributed by atoms with van der Waals surface area (Å²) in [6, 6.07) is 2.02. The molecule has 4 nitrogen and oxygen atoms in total. The minimum absolute atomic E-state index is 0.586. The Bertz CT molecular complexity index is 406. The summed E-state index contributed by atoms with van der Waals surface area (Å²) in [7, 11) is 0. The zero-order valence-electron chi connectivity index (χ0n) is 12.1. The average molecular weight is 280 g/mol. The van der Waals surface area contributed by atoms with Crippen LogP contribution in [0.25, 0.3) is 0 Å². The van der Waals surface area contributed by atoms with Gasteiger partial charge in [0, 0.05) is 25.1 Å². The zero-order chi connectivity index (χ0) is 13.7. The van der Waals surface area contributed by atoms with Gasteiger partial charge in [0.05, 0.1) is 0 Å². The molecule has 5 heteroatoms. The van der Waals surface area contributed by atoms with Crippen LogP contribution >= 0.6 is 11.8 Å². The Balaban J connectivity index is 2.01. The van der Waals surface area contributed by atoms with E-state index in [1.54, 1.807) is 0 Å². The van der Waals surface area contributed by atoms with Crippen molar-refractivity contribution in [3.05, 3.63) is 11.9 Å². The molecule has 0 aromatic carbocycles. The predicted octanol–water partition coefficient (Wildman–Crippen LogP) is 3.20. The van der Waals surface area contributed by atoms with Crippen LogP contribution in [0.2, 0.25) is 0 Å². The van der Waals surface area contributed by atoms with Crippen LogP contribution < -0.4 is 10.6 Å². The molecule has 1 saturated carbocycles. The summed E-state index contributed by atoms with van der Waals surface area (Å²) in [5, 5.41) is 6.74. The zero-order valence-corrected chi connectivity index (χ0v) is 12.9. The average Bonchev–Trinajstić information content (AvgIpc) is 3.21. The Labute approximate surface area is 120 Å². The monoisotopic (exact) mass is 280 g/mol. The summed E-state index contributed by atoms with van der Waals surface area (Å²) in [4.78, 5) is 9.22. The van der Waals surface area contributed by atoms with Gasteiger partial charge in [0.1, 0.15) is 17.5 Å². The van der Waals surface area contributed by atoms with E-state index in [9.17, 15) is 0 Å². The van der Waals surface area contributed by atoms with Crippen LogP contribution in [-0.2, 0) is 0 Å². The quantitative estimate of drug-likeness (QED) is 0.766. The fourth-order valence-electron chi connectivity index (χ4n) is 1.97. The largest absolute Gasteiger partial charge is 0.370 e. The Kier molecular flexibility index (Phi) is 5.31. The van der Waals surface area contributed by atoms with Crippen molar-refractivity contribution in [3.8, 4) is 0 Å². The third-order valence-corrected chi connectivity index (χ3v) is 4.03. The highest BCUT2D eigenvalue weighted by Crippen LogP contribution is 2.38. The summed E-state index contributed by atoms with van der Waals surface area (Å²) in [5.74, 6) is 5.31. The maximum atomic E-state index is 4.64. The minimum Gasteiger partial charge on any atom is -0.370 e. The van der Waals surface area contributed by atoms with Gasteiger partial charge in [-0.15, -0.1) is 0 Å². The van der Waals surface area contributed by atoms with Crippen molar-refractivity contribution in [1.29, 1.82) is 0 Å².